The van der Waals surface area contributed by atoms with Crippen LogP contribution in [0, 0.1) is 0 Å². The second-order valence-electron chi connectivity index (χ2n) is 4.42. The van der Waals surface area contributed by atoms with Crippen LogP contribution in [0.25, 0.3) is 0 Å². The maximum absolute atomic E-state index is 5.16. The fourth-order valence-electron chi connectivity index (χ4n) is 1.60. The average molecular weight is 246 g/mol. The first kappa shape index (κ1) is 16.8. The molecule has 0 radical (unpaired) electrons. The maximum atomic E-state index is 5.16. The molecule has 0 spiro atoms. The summed E-state index contributed by atoms with van der Waals surface area (Å²) in [4.78, 5) is 4.65. The van der Waals surface area contributed by atoms with E-state index in [-0.39, 0.29) is 0 Å². The fraction of sp³-hybridized carbons (Fsp3) is 1.00. The number of hydrogen-bond acceptors (Lipinski definition) is 4. The zero-order valence-corrected chi connectivity index (χ0v) is 12.2. The molecule has 1 unspecified atom stereocenters. The number of morpholine rings is 1. The van der Waals surface area contributed by atoms with Crippen LogP contribution in [0.3, 0.4) is 0 Å². The summed E-state index contributed by atoms with van der Waals surface area (Å²) in [6, 6.07) is 0.542. The lowest BCUT2D eigenvalue weighted by Gasteiger charge is -2.24. The highest BCUT2D eigenvalue weighted by molar-refractivity contribution is 4.59. The van der Waals surface area contributed by atoms with Gasteiger partial charge in [-0.25, -0.2) is 0 Å². The quantitative estimate of drug-likeness (QED) is 0.730. The van der Waals surface area contributed by atoms with Gasteiger partial charge in [-0.05, 0) is 27.1 Å². The van der Waals surface area contributed by atoms with Gasteiger partial charge in [0.05, 0.1) is 19.8 Å². The van der Waals surface area contributed by atoms with E-state index in [1.165, 1.54) is 6.54 Å². The third-order valence-electron chi connectivity index (χ3n) is 3.21. The SMILES string of the molecule is CCN(C)C(C)COC.CCN1CCOCC1. The summed E-state index contributed by atoms with van der Waals surface area (Å²) in [5.41, 5.74) is 0. The number of likely N-dealkylation sites (N-methyl/N-ethyl adjacent to an activating group) is 2. The molecule has 0 aromatic rings. The minimum Gasteiger partial charge on any atom is -0.383 e. The van der Waals surface area contributed by atoms with E-state index < -0.39 is 0 Å². The van der Waals surface area contributed by atoms with Gasteiger partial charge in [0.15, 0.2) is 0 Å². The second-order valence-corrected chi connectivity index (χ2v) is 4.42. The molecular weight excluding hydrogens is 216 g/mol. The summed E-state index contributed by atoms with van der Waals surface area (Å²) in [6.45, 7) is 13.7. The Bertz CT molecular complexity index is 161. The van der Waals surface area contributed by atoms with Crippen molar-refractivity contribution >= 4 is 0 Å². The fourth-order valence-corrected chi connectivity index (χ4v) is 1.60. The number of methoxy groups -OCH3 is 1. The number of nitrogens with zero attached hydrogens (tertiary/aromatic N) is 2. The molecule has 0 amide bonds. The van der Waals surface area contributed by atoms with Crippen LogP contribution in [0.15, 0.2) is 0 Å². The van der Waals surface area contributed by atoms with Crippen LogP contribution in [0.5, 0.6) is 0 Å². The molecule has 1 aliphatic rings. The van der Waals surface area contributed by atoms with Gasteiger partial charge >= 0.3 is 0 Å². The van der Waals surface area contributed by atoms with Gasteiger partial charge in [0.1, 0.15) is 0 Å². The molecule has 0 bridgehead atoms. The molecule has 0 saturated carbocycles. The van der Waals surface area contributed by atoms with Crippen LogP contribution in [0.4, 0.5) is 0 Å². The van der Waals surface area contributed by atoms with Crippen LogP contribution >= 0.6 is 0 Å². The topological polar surface area (TPSA) is 24.9 Å². The van der Waals surface area contributed by atoms with Crippen molar-refractivity contribution in [1.82, 2.24) is 9.80 Å². The van der Waals surface area contributed by atoms with Gasteiger partial charge in [-0.1, -0.05) is 13.8 Å². The molecular formula is C13H30N2O2. The molecule has 4 heteroatoms. The van der Waals surface area contributed by atoms with Crippen molar-refractivity contribution in [1.29, 1.82) is 0 Å². The van der Waals surface area contributed by atoms with E-state index in [0.717, 1.165) is 39.5 Å². The van der Waals surface area contributed by atoms with Gasteiger partial charge in [-0.2, -0.15) is 0 Å². The van der Waals surface area contributed by atoms with E-state index in [0.29, 0.717) is 6.04 Å². The largest absolute Gasteiger partial charge is 0.383 e. The van der Waals surface area contributed by atoms with Gasteiger partial charge in [0.2, 0.25) is 0 Å². The van der Waals surface area contributed by atoms with E-state index in [2.05, 4.69) is 37.6 Å². The van der Waals surface area contributed by atoms with Gasteiger partial charge in [0, 0.05) is 26.2 Å². The zero-order valence-electron chi connectivity index (χ0n) is 12.2. The highest BCUT2D eigenvalue weighted by Gasteiger charge is 2.06. The molecule has 0 aromatic carbocycles. The molecule has 1 saturated heterocycles. The molecule has 1 atom stereocenters. The minimum absolute atomic E-state index is 0.542. The Labute approximate surface area is 107 Å². The maximum Gasteiger partial charge on any atom is 0.0615 e. The van der Waals surface area contributed by atoms with Crippen molar-refractivity contribution in [2.24, 2.45) is 0 Å². The first-order valence-corrected chi connectivity index (χ1v) is 6.64. The molecule has 0 aromatic heterocycles. The molecule has 1 fully saturated rings. The molecule has 1 aliphatic heterocycles. The van der Waals surface area contributed by atoms with E-state index in [1.807, 2.05) is 0 Å². The van der Waals surface area contributed by atoms with Crippen molar-refractivity contribution < 1.29 is 9.47 Å². The highest BCUT2D eigenvalue weighted by Crippen LogP contribution is 1.94. The standard InChI is InChI=1S/C7H17NO.C6H13NO/c1-5-8(3)7(2)6-9-4;1-2-7-3-5-8-6-4-7/h7H,5-6H2,1-4H3;2-6H2,1H3. The molecule has 4 nitrogen and oxygen atoms in total. The Hall–Kier alpha value is -0.160. The summed E-state index contributed by atoms with van der Waals surface area (Å²) < 4.78 is 10.1. The zero-order chi connectivity index (χ0) is 13.1. The van der Waals surface area contributed by atoms with Crippen molar-refractivity contribution in [3.8, 4) is 0 Å². The van der Waals surface area contributed by atoms with Crippen molar-refractivity contribution in [3.63, 3.8) is 0 Å². The molecule has 1 heterocycles. The second kappa shape index (κ2) is 11.0. The summed E-state index contributed by atoms with van der Waals surface area (Å²) in [6.07, 6.45) is 0. The minimum atomic E-state index is 0.542. The van der Waals surface area contributed by atoms with Gasteiger partial charge in [-0.3, -0.25) is 4.90 Å². The van der Waals surface area contributed by atoms with E-state index in [9.17, 15) is 0 Å². The van der Waals surface area contributed by atoms with Crippen LogP contribution in [-0.2, 0) is 9.47 Å². The van der Waals surface area contributed by atoms with Crippen molar-refractivity contribution in [3.05, 3.63) is 0 Å². The molecule has 0 N–H and O–H groups in total. The van der Waals surface area contributed by atoms with Crippen LogP contribution in [0.2, 0.25) is 0 Å². The lowest BCUT2D eigenvalue weighted by Crippen LogP contribution is -2.35. The summed E-state index contributed by atoms with van der Waals surface area (Å²) in [5, 5.41) is 0. The Kier molecular flexibility index (Phi) is 10.9. The monoisotopic (exact) mass is 246 g/mol. The summed E-state index contributed by atoms with van der Waals surface area (Å²) in [5.74, 6) is 0. The number of rotatable bonds is 5. The lowest BCUT2D eigenvalue weighted by atomic mass is 10.3. The van der Waals surface area contributed by atoms with Crippen molar-refractivity contribution in [2.45, 2.75) is 26.8 Å². The number of ether oxygens (including phenoxy) is 2. The summed E-state index contributed by atoms with van der Waals surface area (Å²) >= 11 is 0. The first-order valence-electron chi connectivity index (χ1n) is 6.64. The summed E-state index contributed by atoms with van der Waals surface area (Å²) in [7, 11) is 3.84. The number of hydrogen-bond donors (Lipinski definition) is 0. The van der Waals surface area contributed by atoms with Crippen LogP contribution in [0.1, 0.15) is 20.8 Å². The Morgan fingerprint density at radius 1 is 1.29 bits per heavy atom. The van der Waals surface area contributed by atoms with E-state index in [4.69, 9.17) is 9.47 Å². The van der Waals surface area contributed by atoms with Crippen LogP contribution in [-0.4, -0.2) is 76.0 Å². The Balaban J connectivity index is 0.000000302. The molecule has 104 valence electrons. The third kappa shape index (κ3) is 8.55. The van der Waals surface area contributed by atoms with Gasteiger partial charge < -0.3 is 14.4 Å². The van der Waals surface area contributed by atoms with E-state index in [1.54, 1.807) is 7.11 Å². The normalized spacial score (nSPS) is 18.7. The third-order valence-corrected chi connectivity index (χ3v) is 3.21. The first-order chi connectivity index (χ1) is 8.15. The van der Waals surface area contributed by atoms with Gasteiger partial charge in [0.25, 0.3) is 0 Å². The predicted molar refractivity (Wildman–Crippen MR) is 72.6 cm³/mol. The van der Waals surface area contributed by atoms with Gasteiger partial charge in [-0.15, -0.1) is 0 Å². The highest BCUT2D eigenvalue weighted by atomic mass is 16.5. The Morgan fingerprint density at radius 2 is 1.88 bits per heavy atom. The average Bonchev–Trinajstić information content (AvgIpc) is 2.39. The smallest absolute Gasteiger partial charge is 0.0615 e. The molecule has 0 aliphatic carbocycles. The lowest BCUT2D eigenvalue weighted by molar-refractivity contribution is 0.0405. The predicted octanol–water partition coefficient (Wildman–Crippen LogP) is 1.31. The molecule has 1 rings (SSSR count). The van der Waals surface area contributed by atoms with Crippen LogP contribution < -0.4 is 0 Å². The van der Waals surface area contributed by atoms with E-state index >= 15 is 0 Å². The van der Waals surface area contributed by atoms with Crippen molar-refractivity contribution in [2.75, 3.05) is 60.2 Å². The Morgan fingerprint density at radius 3 is 2.24 bits per heavy atom. The molecule has 17 heavy (non-hydrogen) atoms.